The van der Waals surface area contributed by atoms with Crippen molar-refractivity contribution in [1.29, 1.82) is 0 Å². The minimum Gasteiger partial charge on any atom is -0.479 e. The second kappa shape index (κ2) is 6.38. The third-order valence-electron chi connectivity index (χ3n) is 3.51. The fraction of sp³-hybridized carbons (Fsp3) is 0.529. The van der Waals surface area contributed by atoms with E-state index in [0.29, 0.717) is 23.9 Å². The zero-order chi connectivity index (χ0) is 16.4. The van der Waals surface area contributed by atoms with Gasteiger partial charge in [0.1, 0.15) is 5.75 Å². The van der Waals surface area contributed by atoms with Crippen LogP contribution < -0.4 is 15.0 Å². The number of hydrogen-bond donors (Lipinski definition) is 1. The molecule has 1 N–H and O–H groups in total. The van der Waals surface area contributed by atoms with Crippen LogP contribution in [0.3, 0.4) is 0 Å². The van der Waals surface area contributed by atoms with Crippen molar-refractivity contribution in [3.63, 3.8) is 0 Å². The standard InChI is InChI=1S/C17H24N2O3/c1-10(2)9-19-14-7-6-13(18-16(20)11(3)4)8-15(14)22-12(5)17(19)21/h6-8,10-12H,9H2,1-5H3,(H,18,20). The first-order valence-corrected chi connectivity index (χ1v) is 7.72. The third-order valence-corrected chi connectivity index (χ3v) is 3.51. The SMILES string of the molecule is CC(C)CN1C(=O)C(C)Oc2cc(NC(=O)C(C)C)ccc21. The Kier molecular flexibility index (Phi) is 4.74. The average molecular weight is 304 g/mol. The number of amides is 2. The Morgan fingerprint density at radius 3 is 2.59 bits per heavy atom. The van der Waals surface area contributed by atoms with Gasteiger partial charge in [-0.2, -0.15) is 0 Å². The van der Waals surface area contributed by atoms with E-state index in [1.54, 1.807) is 24.0 Å². The van der Waals surface area contributed by atoms with E-state index in [4.69, 9.17) is 4.74 Å². The lowest BCUT2D eigenvalue weighted by Gasteiger charge is -2.34. The topological polar surface area (TPSA) is 58.6 Å². The zero-order valence-corrected chi connectivity index (χ0v) is 13.8. The molecule has 1 aliphatic heterocycles. The van der Waals surface area contributed by atoms with Gasteiger partial charge in [-0.3, -0.25) is 9.59 Å². The van der Waals surface area contributed by atoms with E-state index in [2.05, 4.69) is 19.2 Å². The van der Waals surface area contributed by atoms with E-state index in [9.17, 15) is 9.59 Å². The Morgan fingerprint density at radius 2 is 2.00 bits per heavy atom. The van der Waals surface area contributed by atoms with Crippen molar-refractivity contribution in [2.45, 2.75) is 40.7 Å². The second-order valence-corrected chi connectivity index (χ2v) is 6.43. The quantitative estimate of drug-likeness (QED) is 0.930. The van der Waals surface area contributed by atoms with Crippen molar-refractivity contribution in [3.05, 3.63) is 18.2 Å². The maximum atomic E-state index is 12.3. The molecule has 0 aliphatic carbocycles. The lowest BCUT2D eigenvalue weighted by molar-refractivity contribution is -0.125. The molecule has 22 heavy (non-hydrogen) atoms. The third kappa shape index (κ3) is 3.40. The molecule has 1 heterocycles. The number of anilines is 2. The Labute approximate surface area is 131 Å². The summed E-state index contributed by atoms with van der Waals surface area (Å²) >= 11 is 0. The molecular weight excluding hydrogens is 280 g/mol. The highest BCUT2D eigenvalue weighted by atomic mass is 16.5. The van der Waals surface area contributed by atoms with E-state index in [1.807, 2.05) is 19.9 Å². The molecule has 0 spiro atoms. The molecule has 2 amide bonds. The number of carbonyl (C=O) groups is 2. The summed E-state index contributed by atoms with van der Waals surface area (Å²) in [5, 5.41) is 2.85. The fourth-order valence-electron chi connectivity index (χ4n) is 2.33. The normalized spacial score (nSPS) is 17.5. The molecule has 0 radical (unpaired) electrons. The lowest BCUT2D eigenvalue weighted by atomic mass is 10.1. The predicted octanol–water partition coefficient (Wildman–Crippen LogP) is 3.05. The molecule has 120 valence electrons. The van der Waals surface area contributed by atoms with Crippen molar-refractivity contribution in [1.82, 2.24) is 0 Å². The van der Waals surface area contributed by atoms with Crippen molar-refractivity contribution < 1.29 is 14.3 Å². The molecule has 5 heteroatoms. The van der Waals surface area contributed by atoms with E-state index in [1.165, 1.54) is 0 Å². The summed E-state index contributed by atoms with van der Waals surface area (Å²) in [6.07, 6.45) is -0.512. The molecule has 0 aromatic heterocycles. The summed E-state index contributed by atoms with van der Waals surface area (Å²) in [5.74, 6) is 0.839. The predicted molar refractivity (Wildman–Crippen MR) is 87.2 cm³/mol. The van der Waals surface area contributed by atoms with Crippen LogP contribution in [0.1, 0.15) is 34.6 Å². The number of carbonyl (C=O) groups excluding carboxylic acids is 2. The van der Waals surface area contributed by atoms with Gasteiger partial charge in [0, 0.05) is 24.2 Å². The Balaban J connectivity index is 2.30. The van der Waals surface area contributed by atoms with Crippen molar-refractivity contribution in [2.75, 3.05) is 16.8 Å². The van der Waals surface area contributed by atoms with Crippen LogP contribution in [-0.2, 0) is 9.59 Å². The molecule has 0 bridgehead atoms. The summed E-state index contributed by atoms with van der Waals surface area (Å²) in [5.41, 5.74) is 1.45. The summed E-state index contributed by atoms with van der Waals surface area (Å²) < 4.78 is 5.70. The van der Waals surface area contributed by atoms with Gasteiger partial charge in [0.2, 0.25) is 5.91 Å². The maximum Gasteiger partial charge on any atom is 0.267 e. The summed E-state index contributed by atoms with van der Waals surface area (Å²) in [4.78, 5) is 25.9. The van der Waals surface area contributed by atoms with Gasteiger partial charge in [-0.05, 0) is 25.0 Å². The average Bonchev–Trinajstić information content (AvgIpc) is 2.43. The molecule has 1 unspecified atom stereocenters. The van der Waals surface area contributed by atoms with Crippen LogP contribution in [0.4, 0.5) is 11.4 Å². The highest BCUT2D eigenvalue weighted by Crippen LogP contribution is 2.36. The first-order chi connectivity index (χ1) is 10.3. The van der Waals surface area contributed by atoms with Gasteiger partial charge in [0.25, 0.3) is 5.91 Å². The molecule has 1 aromatic carbocycles. The van der Waals surface area contributed by atoms with Gasteiger partial charge < -0.3 is 15.0 Å². The molecule has 2 rings (SSSR count). The molecule has 0 fully saturated rings. The van der Waals surface area contributed by atoms with Crippen LogP contribution in [0.15, 0.2) is 18.2 Å². The Bertz CT molecular complexity index is 581. The van der Waals surface area contributed by atoms with Gasteiger partial charge in [0.05, 0.1) is 5.69 Å². The molecule has 0 saturated carbocycles. The summed E-state index contributed by atoms with van der Waals surface area (Å²) in [6.45, 7) is 10.2. The largest absolute Gasteiger partial charge is 0.479 e. The number of benzene rings is 1. The monoisotopic (exact) mass is 304 g/mol. The molecule has 1 aliphatic rings. The van der Waals surface area contributed by atoms with E-state index >= 15 is 0 Å². The van der Waals surface area contributed by atoms with E-state index < -0.39 is 6.10 Å². The Morgan fingerprint density at radius 1 is 1.32 bits per heavy atom. The van der Waals surface area contributed by atoms with Gasteiger partial charge in [-0.25, -0.2) is 0 Å². The highest BCUT2D eigenvalue weighted by molar-refractivity contribution is 6.00. The van der Waals surface area contributed by atoms with Crippen LogP contribution >= 0.6 is 0 Å². The number of rotatable bonds is 4. The summed E-state index contributed by atoms with van der Waals surface area (Å²) in [6, 6.07) is 5.42. The van der Waals surface area contributed by atoms with Gasteiger partial charge in [-0.1, -0.05) is 27.7 Å². The van der Waals surface area contributed by atoms with Crippen LogP contribution in [0, 0.1) is 11.8 Å². The number of ether oxygens (including phenoxy) is 1. The van der Waals surface area contributed by atoms with Crippen LogP contribution in [0.25, 0.3) is 0 Å². The van der Waals surface area contributed by atoms with Gasteiger partial charge in [-0.15, -0.1) is 0 Å². The Hall–Kier alpha value is -2.04. The summed E-state index contributed by atoms with van der Waals surface area (Å²) in [7, 11) is 0. The molecule has 1 atom stereocenters. The van der Waals surface area contributed by atoms with Gasteiger partial charge in [0.15, 0.2) is 6.10 Å². The number of nitrogens with zero attached hydrogens (tertiary/aromatic N) is 1. The lowest BCUT2D eigenvalue weighted by Crippen LogP contribution is -2.46. The molecule has 5 nitrogen and oxygen atoms in total. The molecular formula is C17H24N2O3. The van der Waals surface area contributed by atoms with E-state index in [-0.39, 0.29) is 17.7 Å². The van der Waals surface area contributed by atoms with Gasteiger partial charge >= 0.3 is 0 Å². The number of hydrogen-bond acceptors (Lipinski definition) is 3. The van der Waals surface area contributed by atoms with Crippen LogP contribution in [0.5, 0.6) is 5.75 Å². The van der Waals surface area contributed by atoms with Crippen LogP contribution in [-0.4, -0.2) is 24.5 Å². The smallest absolute Gasteiger partial charge is 0.267 e. The molecule has 0 saturated heterocycles. The van der Waals surface area contributed by atoms with Crippen molar-refractivity contribution in [2.24, 2.45) is 11.8 Å². The first kappa shape index (κ1) is 16.3. The fourth-order valence-corrected chi connectivity index (χ4v) is 2.33. The van der Waals surface area contributed by atoms with Crippen molar-refractivity contribution >= 4 is 23.2 Å². The highest BCUT2D eigenvalue weighted by Gasteiger charge is 2.31. The van der Waals surface area contributed by atoms with E-state index in [0.717, 1.165) is 5.69 Å². The van der Waals surface area contributed by atoms with Crippen molar-refractivity contribution in [3.8, 4) is 5.75 Å². The number of nitrogens with one attached hydrogen (secondary N) is 1. The second-order valence-electron chi connectivity index (χ2n) is 6.43. The number of fused-ring (bicyclic) bond motifs is 1. The first-order valence-electron chi connectivity index (χ1n) is 7.72. The maximum absolute atomic E-state index is 12.3. The van der Waals surface area contributed by atoms with Crippen LogP contribution in [0.2, 0.25) is 0 Å². The minimum atomic E-state index is -0.512. The molecule has 1 aromatic rings. The zero-order valence-electron chi connectivity index (χ0n) is 13.8. The minimum absolute atomic E-state index is 0.0276.